The first-order valence-electron chi connectivity index (χ1n) is 2.41. The van der Waals surface area contributed by atoms with Crippen LogP contribution in [0.25, 0.3) is 0 Å². The zero-order chi connectivity index (χ0) is 5.28. The average Bonchev–Trinajstić information content (AvgIpc) is 2.17. The van der Waals surface area contributed by atoms with Gasteiger partial charge in [-0.05, 0) is 12.8 Å². The van der Waals surface area contributed by atoms with Crippen LogP contribution in [0.2, 0.25) is 0 Å². The van der Waals surface area contributed by atoms with Gasteiger partial charge in [0.1, 0.15) is 0 Å². The molecule has 1 radical (unpaired) electrons. The Morgan fingerprint density at radius 2 is 2.29 bits per heavy atom. The van der Waals surface area contributed by atoms with Gasteiger partial charge in [0.2, 0.25) is 5.91 Å². The van der Waals surface area contributed by atoms with Gasteiger partial charge in [-0.2, -0.15) is 0 Å². The van der Waals surface area contributed by atoms with Crippen molar-refractivity contribution < 1.29 is 4.79 Å². The third-order valence-corrected chi connectivity index (χ3v) is 0.942. The standard InChI is InChI=1S/C5H8NO/c1-4(7)6-5-2-3-5/h5H,1-3H2,(H,6,7). The van der Waals surface area contributed by atoms with Crippen molar-refractivity contribution in [3.63, 3.8) is 0 Å². The van der Waals surface area contributed by atoms with Crippen LogP contribution in [0.1, 0.15) is 12.8 Å². The summed E-state index contributed by atoms with van der Waals surface area (Å²) in [6, 6.07) is 0.463. The SMILES string of the molecule is [CH2]C(=O)NC1CC1. The zero-order valence-corrected chi connectivity index (χ0v) is 4.11. The Balaban J connectivity index is 2.08. The number of nitrogens with one attached hydrogen (secondary N) is 1. The number of hydrogen-bond donors (Lipinski definition) is 1. The van der Waals surface area contributed by atoms with Gasteiger partial charge in [-0.25, -0.2) is 0 Å². The van der Waals surface area contributed by atoms with E-state index in [1.54, 1.807) is 0 Å². The van der Waals surface area contributed by atoms with E-state index in [-0.39, 0.29) is 5.91 Å². The first kappa shape index (κ1) is 4.62. The van der Waals surface area contributed by atoms with Crippen LogP contribution >= 0.6 is 0 Å². The summed E-state index contributed by atoms with van der Waals surface area (Å²) in [6.45, 7) is 3.17. The van der Waals surface area contributed by atoms with E-state index < -0.39 is 0 Å². The molecule has 0 aromatic carbocycles. The number of carbonyl (C=O) groups excluding carboxylic acids is 1. The van der Waals surface area contributed by atoms with E-state index in [0.29, 0.717) is 6.04 Å². The second-order valence-electron chi connectivity index (χ2n) is 1.84. The summed E-state index contributed by atoms with van der Waals surface area (Å²) < 4.78 is 0. The van der Waals surface area contributed by atoms with Crippen molar-refractivity contribution in [1.82, 2.24) is 5.32 Å². The molecule has 0 saturated heterocycles. The average molecular weight is 98.1 g/mol. The van der Waals surface area contributed by atoms with E-state index in [9.17, 15) is 4.79 Å². The Hall–Kier alpha value is -0.530. The third-order valence-electron chi connectivity index (χ3n) is 0.942. The lowest BCUT2D eigenvalue weighted by Crippen LogP contribution is -2.21. The second-order valence-corrected chi connectivity index (χ2v) is 1.84. The molecule has 7 heavy (non-hydrogen) atoms. The zero-order valence-electron chi connectivity index (χ0n) is 4.11. The molecule has 1 saturated carbocycles. The number of hydrogen-bond acceptors (Lipinski definition) is 1. The van der Waals surface area contributed by atoms with Gasteiger partial charge in [-0.3, -0.25) is 4.79 Å². The topological polar surface area (TPSA) is 29.1 Å². The molecule has 2 heteroatoms. The van der Waals surface area contributed by atoms with E-state index in [4.69, 9.17) is 0 Å². The molecule has 0 aromatic rings. The van der Waals surface area contributed by atoms with Crippen LogP contribution in [-0.4, -0.2) is 11.9 Å². The molecule has 39 valence electrons. The fraction of sp³-hybridized carbons (Fsp3) is 0.600. The molecule has 0 atom stereocenters. The van der Waals surface area contributed by atoms with Crippen LogP contribution in [0, 0.1) is 6.92 Å². The molecule has 0 spiro atoms. The number of carbonyl (C=O) groups is 1. The largest absolute Gasteiger partial charge is 0.353 e. The fourth-order valence-corrected chi connectivity index (χ4v) is 0.455. The second kappa shape index (κ2) is 1.52. The van der Waals surface area contributed by atoms with Gasteiger partial charge in [0, 0.05) is 13.0 Å². The van der Waals surface area contributed by atoms with Crippen LogP contribution in [-0.2, 0) is 4.79 Å². The monoisotopic (exact) mass is 98.1 g/mol. The van der Waals surface area contributed by atoms with Gasteiger partial charge in [-0.1, -0.05) is 0 Å². The normalized spacial score (nSPS) is 19.0. The van der Waals surface area contributed by atoms with Crippen LogP contribution in [0.15, 0.2) is 0 Å². The molecule has 1 rings (SSSR count). The lowest BCUT2D eigenvalue weighted by atomic mass is 10.6. The van der Waals surface area contributed by atoms with E-state index in [1.807, 2.05) is 0 Å². The molecule has 0 aliphatic heterocycles. The summed E-state index contributed by atoms with van der Waals surface area (Å²) in [7, 11) is 0. The molecule has 0 bridgehead atoms. The van der Waals surface area contributed by atoms with Gasteiger partial charge >= 0.3 is 0 Å². The smallest absolute Gasteiger partial charge is 0.220 e. The van der Waals surface area contributed by atoms with Crippen molar-refractivity contribution >= 4 is 5.91 Å². The highest BCUT2D eigenvalue weighted by Crippen LogP contribution is 2.17. The molecular formula is C5H8NO. The highest BCUT2D eigenvalue weighted by Gasteiger charge is 2.21. The third kappa shape index (κ3) is 1.57. The fourth-order valence-electron chi connectivity index (χ4n) is 0.455. The van der Waals surface area contributed by atoms with Gasteiger partial charge < -0.3 is 5.32 Å². The quantitative estimate of drug-likeness (QED) is 0.495. The molecule has 1 aliphatic rings. The molecule has 0 unspecified atom stereocenters. The van der Waals surface area contributed by atoms with Crippen LogP contribution in [0.3, 0.4) is 0 Å². The highest BCUT2D eigenvalue weighted by molar-refractivity contribution is 5.80. The molecule has 1 fully saturated rings. The Morgan fingerprint density at radius 3 is 2.43 bits per heavy atom. The van der Waals surface area contributed by atoms with Gasteiger partial charge in [0.25, 0.3) is 0 Å². The predicted octanol–water partition coefficient (Wildman–Crippen LogP) is 0.0991. The van der Waals surface area contributed by atoms with E-state index in [2.05, 4.69) is 12.2 Å². The van der Waals surface area contributed by atoms with Crippen LogP contribution in [0.5, 0.6) is 0 Å². The van der Waals surface area contributed by atoms with Crippen molar-refractivity contribution in [2.75, 3.05) is 0 Å². The van der Waals surface area contributed by atoms with Crippen LogP contribution in [0.4, 0.5) is 0 Å². The van der Waals surface area contributed by atoms with Gasteiger partial charge in [0.05, 0.1) is 0 Å². The molecule has 1 aliphatic carbocycles. The van der Waals surface area contributed by atoms with E-state index in [1.165, 1.54) is 0 Å². The Labute approximate surface area is 42.9 Å². The minimum absolute atomic E-state index is 0.150. The number of rotatable bonds is 1. The Bertz CT molecular complexity index is 86.1. The summed E-state index contributed by atoms with van der Waals surface area (Å²) in [5, 5.41) is 2.67. The molecule has 0 aromatic heterocycles. The first-order chi connectivity index (χ1) is 3.29. The van der Waals surface area contributed by atoms with Crippen molar-refractivity contribution in [1.29, 1.82) is 0 Å². The summed E-state index contributed by atoms with van der Waals surface area (Å²) in [4.78, 5) is 10.1. The van der Waals surface area contributed by atoms with Crippen molar-refractivity contribution in [2.45, 2.75) is 18.9 Å². The first-order valence-corrected chi connectivity index (χ1v) is 2.41. The minimum Gasteiger partial charge on any atom is -0.353 e. The minimum atomic E-state index is -0.150. The molecule has 0 heterocycles. The molecule has 1 amide bonds. The van der Waals surface area contributed by atoms with Crippen molar-refractivity contribution in [2.24, 2.45) is 0 Å². The Morgan fingerprint density at radius 1 is 1.71 bits per heavy atom. The summed E-state index contributed by atoms with van der Waals surface area (Å²) in [5.74, 6) is -0.150. The lowest BCUT2D eigenvalue weighted by molar-refractivity contribution is -0.116. The summed E-state index contributed by atoms with van der Waals surface area (Å²) >= 11 is 0. The molecule has 1 N–H and O–H groups in total. The maximum Gasteiger partial charge on any atom is 0.220 e. The molecular weight excluding hydrogens is 90.1 g/mol. The Kier molecular flexibility index (Phi) is 1.01. The van der Waals surface area contributed by atoms with Gasteiger partial charge in [-0.15, -0.1) is 0 Å². The van der Waals surface area contributed by atoms with E-state index in [0.717, 1.165) is 12.8 Å². The van der Waals surface area contributed by atoms with Crippen LogP contribution < -0.4 is 5.32 Å². The van der Waals surface area contributed by atoms with Crippen molar-refractivity contribution in [3.05, 3.63) is 6.92 Å². The maximum absolute atomic E-state index is 10.1. The highest BCUT2D eigenvalue weighted by atomic mass is 16.1. The number of amides is 1. The summed E-state index contributed by atoms with van der Waals surface area (Å²) in [5.41, 5.74) is 0. The predicted molar refractivity (Wildman–Crippen MR) is 26.5 cm³/mol. The van der Waals surface area contributed by atoms with Crippen molar-refractivity contribution in [3.8, 4) is 0 Å². The summed E-state index contributed by atoms with van der Waals surface area (Å²) in [6.07, 6.45) is 2.28. The van der Waals surface area contributed by atoms with Gasteiger partial charge in [0.15, 0.2) is 0 Å². The lowest BCUT2D eigenvalue weighted by Gasteiger charge is -1.91. The maximum atomic E-state index is 10.1. The van der Waals surface area contributed by atoms with E-state index >= 15 is 0 Å². The molecule has 2 nitrogen and oxygen atoms in total.